The first-order valence-electron chi connectivity index (χ1n) is 7.14. The van der Waals surface area contributed by atoms with Gasteiger partial charge in [0.05, 0.1) is 19.1 Å². The van der Waals surface area contributed by atoms with Gasteiger partial charge in [-0.1, -0.05) is 29.3 Å². The van der Waals surface area contributed by atoms with Crippen LogP contribution in [0.15, 0.2) is 41.3 Å². The fourth-order valence-corrected chi connectivity index (χ4v) is 3.45. The normalized spacial score (nSPS) is 11.3. The van der Waals surface area contributed by atoms with Gasteiger partial charge >= 0.3 is 0 Å². The zero-order valence-electron chi connectivity index (χ0n) is 13.7. The van der Waals surface area contributed by atoms with E-state index in [1.807, 2.05) is 32.0 Å². The Morgan fingerprint density at radius 2 is 1.52 bits per heavy atom. The van der Waals surface area contributed by atoms with Crippen molar-refractivity contribution in [2.45, 2.75) is 25.3 Å². The van der Waals surface area contributed by atoms with E-state index in [0.29, 0.717) is 11.5 Å². The van der Waals surface area contributed by atoms with Gasteiger partial charge in [0.2, 0.25) is 10.0 Å². The Balaban J connectivity index is 2.21. The Bertz CT molecular complexity index is 780. The molecule has 0 aromatic heterocycles. The summed E-state index contributed by atoms with van der Waals surface area (Å²) in [7, 11) is -0.654. The summed E-state index contributed by atoms with van der Waals surface area (Å²) in [5.74, 6) is 0.863. The fourth-order valence-electron chi connectivity index (χ4n) is 2.42. The highest BCUT2D eigenvalue weighted by atomic mass is 32.2. The maximum atomic E-state index is 12.4. The van der Waals surface area contributed by atoms with Crippen LogP contribution in [0.2, 0.25) is 0 Å². The number of sulfonamides is 1. The number of ether oxygens (including phenoxy) is 2. The summed E-state index contributed by atoms with van der Waals surface area (Å²) in [6, 6.07) is 10.5. The Morgan fingerprint density at radius 3 is 2.09 bits per heavy atom. The molecule has 5 nitrogen and oxygen atoms in total. The summed E-state index contributed by atoms with van der Waals surface area (Å²) in [5, 5.41) is 0. The van der Waals surface area contributed by atoms with Gasteiger partial charge in [-0.15, -0.1) is 0 Å². The van der Waals surface area contributed by atoms with E-state index in [1.165, 1.54) is 26.4 Å². The molecule has 1 N–H and O–H groups in total. The summed E-state index contributed by atoms with van der Waals surface area (Å²) in [6.45, 7) is 4.21. The Morgan fingerprint density at radius 1 is 0.913 bits per heavy atom. The van der Waals surface area contributed by atoms with Gasteiger partial charge in [0, 0.05) is 12.6 Å². The van der Waals surface area contributed by atoms with Crippen LogP contribution in [0.3, 0.4) is 0 Å². The zero-order valence-corrected chi connectivity index (χ0v) is 14.5. The van der Waals surface area contributed by atoms with Gasteiger partial charge in [0.15, 0.2) is 11.5 Å². The van der Waals surface area contributed by atoms with Crippen LogP contribution in [0.5, 0.6) is 11.5 Å². The molecule has 0 unspecified atom stereocenters. The molecule has 0 aliphatic heterocycles. The van der Waals surface area contributed by atoms with E-state index in [0.717, 1.165) is 16.7 Å². The van der Waals surface area contributed by atoms with Crippen molar-refractivity contribution in [3.8, 4) is 11.5 Å². The molecule has 0 amide bonds. The molecule has 0 saturated carbocycles. The third-order valence-corrected chi connectivity index (χ3v) is 4.81. The van der Waals surface area contributed by atoms with Gasteiger partial charge in [-0.05, 0) is 31.5 Å². The minimum atomic E-state index is -3.63. The largest absolute Gasteiger partial charge is 0.493 e. The topological polar surface area (TPSA) is 64.6 Å². The van der Waals surface area contributed by atoms with Gasteiger partial charge in [-0.3, -0.25) is 0 Å². The minimum Gasteiger partial charge on any atom is -0.493 e. The lowest BCUT2D eigenvalue weighted by molar-refractivity contribution is 0.354. The van der Waals surface area contributed by atoms with Crippen molar-refractivity contribution in [3.63, 3.8) is 0 Å². The highest BCUT2D eigenvalue weighted by molar-refractivity contribution is 7.89. The number of methoxy groups -OCH3 is 2. The molecule has 0 fully saturated rings. The maximum absolute atomic E-state index is 12.4. The fraction of sp³-hybridized carbons (Fsp3) is 0.294. The van der Waals surface area contributed by atoms with E-state index in [4.69, 9.17) is 9.47 Å². The van der Waals surface area contributed by atoms with E-state index in [2.05, 4.69) is 4.72 Å². The molecule has 0 spiro atoms. The summed E-state index contributed by atoms with van der Waals surface area (Å²) in [6.07, 6.45) is 0. The number of nitrogens with one attached hydrogen (secondary N) is 1. The molecule has 124 valence electrons. The average Bonchev–Trinajstić information content (AvgIpc) is 2.51. The molecule has 0 aliphatic carbocycles. The van der Waals surface area contributed by atoms with Crippen LogP contribution in [0, 0.1) is 13.8 Å². The lowest BCUT2D eigenvalue weighted by Crippen LogP contribution is -2.23. The highest BCUT2D eigenvalue weighted by Gasteiger charge is 2.16. The van der Waals surface area contributed by atoms with E-state index < -0.39 is 10.0 Å². The first kappa shape index (κ1) is 17.3. The Hall–Kier alpha value is -2.05. The molecule has 2 aromatic rings. The predicted octanol–water partition coefficient (Wildman–Crippen LogP) is 2.80. The first-order valence-corrected chi connectivity index (χ1v) is 8.63. The second-order valence-electron chi connectivity index (χ2n) is 5.34. The average molecular weight is 335 g/mol. The lowest BCUT2D eigenvalue weighted by atomic mass is 10.1. The molecule has 2 aromatic carbocycles. The highest BCUT2D eigenvalue weighted by Crippen LogP contribution is 2.29. The molecule has 23 heavy (non-hydrogen) atoms. The summed E-state index contributed by atoms with van der Waals surface area (Å²) in [5.41, 5.74) is 3.13. The van der Waals surface area contributed by atoms with Gasteiger partial charge in [-0.25, -0.2) is 13.1 Å². The maximum Gasteiger partial charge on any atom is 0.241 e. The molecule has 6 heteroatoms. The SMILES string of the molecule is COc1ccc(S(=O)(=O)NCc2cc(C)cc(C)c2)cc1OC. The van der Waals surface area contributed by atoms with Crippen LogP contribution < -0.4 is 14.2 Å². The zero-order chi connectivity index (χ0) is 17.0. The van der Waals surface area contributed by atoms with Crippen molar-refractivity contribution in [2.24, 2.45) is 0 Å². The Labute approximate surface area is 137 Å². The van der Waals surface area contributed by atoms with Gasteiger partial charge < -0.3 is 9.47 Å². The summed E-state index contributed by atoms with van der Waals surface area (Å²) >= 11 is 0. The number of benzene rings is 2. The van der Waals surface area contributed by atoms with Gasteiger partial charge in [-0.2, -0.15) is 0 Å². The lowest BCUT2D eigenvalue weighted by Gasteiger charge is -2.11. The van der Waals surface area contributed by atoms with Crippen molar-refractivity contribution in [1.82, 2.24) is 4.72 Å². The van der Waals surface area contributed by atoms with Crippen molar-refractivity contribution >= 4 is 10.0 Å². The van der Waals surface area contributed by atoms with Crippen LogP contribution in [0.4, 0.5) is 0 Å². The third kappa shape index (κ3) is 4.24. The molecule has 0 radical (unpaired) electrons. The number of rotatable bonds is 6. The summed E-state index contributed by atoms with van der Waals surface area (Å²) in [4.78, 5) is 0.138. The third-order valence-electron chi connectivity index (χ3n) is 3.41. The minimum absolute atomic E-state index is 0.138. The van der Waals surface area contributed by atoms with Crippen LogP contribution in [0.1, 0.15) is 16.7 Å². The van der Waals surface area contributed by atoms with Crippen molar-refractivity contribution < 1.29 is 17.9 Å². The van der Waals surface area contributed by atoms with Crippen molar-refractivity contribution in [3.05, 3.63) is 53.1 Å². The monoisotopic (exact) mass is 335 g/mol. The predicted molar refractivity (Wildman–Crippen MR) is 89.5 cm³/mol. The van der Waals surface area contributed by atoms with Crippen LogP contribution in [-0.4, -0.2) is 22.6 Å². The van der Waals surface area contributed by atoms with Crippen LogP contribution >= 0.6 is 0 Å². The van der Waals surface area contributed by atoms with Crippen LogP contribution in [-0.2, 0) is 16.6 Å². The molecule has 0 atom stereocenters. The smallest absolute Gasteiger partial charge is 0.241 e. The number of aryl methyl sites for hydroxylation is 2. The first-order chi connectivity index (χ1) is 10.9. The molecule has 2 rings (SSSR count). The van der Waals surface area contributed by atoms with Gasteiger partial charge in [0.25, 0.3) is 0 Å². The molecular formula is C17H21NO4S. The second kappa shape index (κ2) is 7.02. The molecular weight excluding hydrogens is 314 g/mol. The second-order valence-corrected chi connectivity index (χ2v) is 7.10. The van der Waals surface area contributed by atoms with Crippen molar-refractivity contribution in [2.75, 3.05) is 14.2 Å². The molecule has 0 aliphatic rings. The molecule has 0 bridgehead atoms. The van der Waals surface area contributed by atoms with Crippen LogP contribution in [0.25, 0.3) is 0 Å². The van der Waals surface area contributed by atoms with Gasteiger partial charge in [0.1, 0.15) is 0 Å². The number of hydrogen-bond acceptors (Lipinski definition) is 4. The quantitative estimate of drug-likeness (QED) is 0.882. The van der Waals surface area contributed by atoms with Crippen molar-refractivity contribution in [1.29, 1.82) is 0 Å². The molecule has 0 heterocycles. The van der Waals surface area contributed by atoms with E-state index in [1.54, 1.807) is 6.07 Å². The van der Waals surface area contributed by atoms with E-state index in [-0.39, 0.29) is 11.4 Å². The van der Waals surface area contributed by atoms with E-state index >= 15 is 0 Å². The number of hydrogen-bond donors (Lipinski definition) is 1. The Kier molecular flexibility index (Phi) is 5.28. The summed E-state index contributed by atoms with van der Waals surface area (Å²) < 4.78 is 37.8. The standard InChI is InChI=1S/C17H21NO4S/c1-12-7-13(2)9-14(8-12)11-18-23(19,20)15-5-6-16(21-3)17(10-15)22-4/h5-10,18H,11H2,1-4H3. The molecule has 0 saturated heterocycles. The van der Waals surface area contributed by atoms with E-state index in [9.17, 15) is 8.42 Å².